The minimum atomic E-state index is -1.04. The molecule has 5 heteroatoms. The van der Waals surface area contributed by atoms with Crippen LogP contribution in [0.4, 0.5) is 0 Å². The van der Waals surface area contributed by atoms with Gasteiger partial charge in [-0.05, 0) is 38.1 Å². The van der Waals surface area contributed by atoms with Crippen molar-refractivity contribution in [2.45, 2.75) is 20.3 Å². The summed E-state index contributed by atoms with van der Waals surface area (Å²) in [6.07, 6.45) is -0.185. The summed E-state index contributed by atoms with van der Waals surface area (Å²) in [5.41, 5.74) is 0.417. The molecule has 0 aromatic heterocycles. The van der Waals surface area contributed by atoms with Gasteiger partial charge in [-0.1, -0.05) is 11.6 Å². The van der Waals surface area contributed by atoms with E-state index >= 15 is 0 Å². The number of rotatable bonds is 6. The van der Waals surface area contributed by atoms with Crippen molar-refractivity contribution in [3.8, 4) is 0 Å². The Hall–Kier alpha value is -1.68. The molecule has 0 N–H and O–H groups in total. The van der Waals surface area contributed by atoms with Crippen LogP contribution in [0.15, 0.2) is 24.3 Å². The molecule has 0 aliphatic heterocycles. The summed E-state index contributed by atoms with van der Waals surface area (Å²) in [4.78, 5) is 35.0. The second-order valence-corrected chi connectivity index (χ2v) is 4.49. The predicted octanol–water partition coefficient (Wildman–Crippen LogP) is 2.68. The molecular weight excluding hydrogens is 268 g/mol. The number of ether oxygens (including phenoxy) is 1. The van der Waals surface area contributed by atoms with Gasteiger partial charge in [-0.3, -0.25) is 14.4 Å². The summed E-state index contributed by atoms with van der Waals surface area (Å²) >= 11 is 5.72. The number of hydrogen-bond acceptors (Lipinski definition) is 4. The summed E-state index contributed by atoms with van der Waals surface area (Å²) in [6, 6.07) is 6.30. The number of carbonyl (C=O) groups is 3. The largest absolute Gasteiger partial charge is 0.465 e. The normalized spacial score (nSPS) is 11.7. The van der Waals surface area contributed by atoms with E-state index in [-0.39, 0.29) is 24.6 Å². The summed E-state index contributed by atoms with van der Waals surface area (Å²) in [5.74, 6) is -2.36. The van der Waals surface area contributed by atoms with Crippen molar-refractivity contribution in [2.24, 2.45) is 5.92 Å². The van der Waals surface area contributed by atoms with Gasteiger partial charge in [-0.15, -0.1) is 0 Å². The number of Topliss-reactive ketones (excluding diaryl/α,β-unsaturated/α-hetero) is 2. The Balaban J connectivity index is 2.79. The molecule has 102 valence electrons. The highest BCUT2D eigenvalue weighted by atomic mass is 35.5. The van der Waals surface area contributed by atoms with Crippen molar-refractivity contribution in [1.29, 1.82) is 0 Å². The molecular formula is C14H15ClO4. The third-order valence-corrected chi connectivity index (χ3v) is 2.87. The summed E-state index contributed by atoms with van der Waals surface area (Å²) < 4.78 is 4.79. The molecule has 0 saturated carbocycles. The van der Waals surface area contributed by atoms with E-state index in [1.165, 1.54) is 6.92 Å². The van der Waals surface area contributed by atoms with Crippen LogP contribution in [-0.2, 0) is 14.3 Å². The molecule has 19 heavy (non-hydrogen) atoms. The number of hydrogen-bond donors (Lipinski definition) is 0. The van der Waals surface area contributed by atoms with E-state index in [0.717, 1.165) is 0 Å². The minimum Gasteiger partial charge on any atom is -0.465 e. The van der Waals surface area contributed by atoms with Crippen LogP contribution in [0.25, 0.3) is 0 Å². The molecule has 0 aliphatic rings. The second-order valence-electron chi connectivity index (χ2n) is 4.05. The average molecular weight is 283 g/mol. The van der Waals surface area contributed by atoms with E-state index in [1.807, 2.05) is 0 Å². The lowest BCUT2D eigenvalue weighted by molar-refractivity contribution is -0.151. The zero-order valence-electron chi connectivity index (χ0n) is 10.8. The first-order valence-corrected chi connectivity index (χ1v) is 6.29. The third kappa shape index (κ3) is 4.48. The summed E-state index contributed by atoms with van der Waals surface area (Å²) in [6.45, 7) is 3.10. The fourth-order valence-corrected chi connectivity index (χ4v) is 1.70. The van der Waals surface area contributed by atoms with Gasteiger partial charge in [0.1, 0.15) is 11.7 Å². The van der Waals surface area contributed by atoms with Crippen molar-refractivity contribution in [2.75, 3.05) is 6.61 Å². The Morgan fingerprint density at radius 1 is 1.21 bits per heavy atom. The highest BCUT2D eigenvalue weighted by molar-refractivity contribution is 6.30. The van der Waals surface area contributed by atoms with Crippen LogP contribution in [-0.4, -0.2) is 24.1 Å². The van der Waals surface area contributed by atoms with E-state index in [4.69, 9.17) is 16.3 Å². The van der Waals surface area contributed by atoms with Crippen molar-refractivity contribution in [3.05, 3.63) is 34.9 Å². The molecule has 0 spiro atoms. The van der Waals surface area contributed by atoms with E-state index in [0.29, 0.717) is 10.6 Å². The molecule has 0 heterocycles. The van der Waals surface area contributed by atoms with Crippen LogP contribution >= 0.6 is 11.6 Å². The van der Waals surface area contributed by atoms with Gasteiger partial charge in [-0.25, -0.2) is 0 Å². The standard InChI is InChI=1S/C14H15ClO4/c1-3-19-14(18)12(9(2)16)8-13(17)10-4-6-11(15)7-5-10/h4-7,12H,3,8H2,1-2H3/t12-/m1/s1. The molecule has 0 radical (unpaired) electrons. The predicted molar refractivity (Wildman–Crippen MR) is 71.2 cm³/mol. The van der Waals surface area contributed by atoms with Gasteiger partial charge in [0.2, 0.25) is 0 Å². The molecule has 4 nitrogen and oxygen atoms in total. The molecule has 0 saturated heterocycles. The first-order chi connectivity index (χ1) is 8.95. The first kappa shape index (κ1) is 15.4. The quantitative estimate of drug-likeness (QED) is 0.457. The van der Waals surface area contributed by atoms with Crippen LogP contribution in [0.3, 0.4) is 0 Å². The number of esters is 1. The van der Waals surface area contributed by atoms with E-state index in [1.54, 1.807) is 31.2 Å². The maximum atomic E-state index is 12.0. The Kier molecular flexibility index (Phi) is 5.70. The molecule has 1 aromatic rings. The zero-order valence-corrected chi connectivity index (χ0v) is 11.6. The maximum absolute atomic E-state index is 12.0. The molecule has 0 aliphatic carbocycles. The Morgan fingerprint density at radius 2 is 1.79 bits per heavy atom. The lowest BCUT2D eigenvalue weighted by Crippen LogP contribution is -2.27. The molecule has 1 rings (SSSR count). The van der Waals surface area contributed by atoms with Crippen LogP contribution < -0.4 is 0 Å². The molecule has 0 fully saturated rings. The van der Waals surface area contributed by atoms with Crippen molar-refractivity contribution in [1.82, 2.24) is 0 Å². The highest BCUT2D eigenvalue weighted by Gasteiger charge is 2.27. The Labute approximate surface area is 116 Å². The molecule has 0 amide bonds. The fourth-order valence-electron chi connectivity index (χ4n) is 1.57. The maximum Gasteiger partial charge on any atom is 0.316 e. The van der Waals surface area contributed by atoms with E-state index in [9.17, 15) is 14.4 Å². The van der Waals surface area contributed by atoms with Crippen molar-refractivity contribution in [3.63, 3.8) is 0 Å². The van der Waals surface area contributed by atoms with E-state index in [2.05, 4.69) is 0 Å². The monoisotopic (exact) mass is 282 g/mol. The van der Waals surface area contributed by atoms with Gasteiger partial charge in [0, 0.05) is 17.0 Å². The summed E-state index contributed by atoms with van der Waals surface area (Å²) in [7, 11) is 0. The van der Waals surface area contributed by atoms with Gasteiger partial charge >= 0.3 is 5.97 Å². The van der Waals surface area contributed by atoms with Gasteiger partial charge in [0.05, 0.1) is 6.61 Å². The number of ketones is 2. The van der Waals surface area contributed by atoms with Crippen LogP contribution in [0.2, 0.25) is 5.02 Å². The zero-order chi connectivity index (χ0) is 14.4. The second kappa shape index (κ2) is 7.04. The van der Waals surface area contributed by atoms with Crippen LogP contribution in [0.1, 0.15) is 30.6 Å². The Morgan fingerprint density at radius 3 is 2.26 bits per heavy atom. The lowest BCUT2D eigenvalue weighted by atomic mass is 9.95. The van der Waals surface area contributed by atoms with Crippen molar-refractivity contribution >= 4 is 29.1 Å². The van der Waals surface area contributed by atoms with Gasteiger partial charge in [0.15, 0.2) is 5.78 Å². The molecule has 0 unspecified atom stereocenters. The van der Waals surface area contributed by atoms with Crippen molar-refractivity contribution < 1.29 is 19.1 Å². The number of carbonyl (C=O) groups excluding carboxylic acids is 3. The van der Waals surface area contributed by atoms with Gasteiger partial charge < -0.3 is 4.74 Å². The van der Waals surface area contributed by atoms with E-state index < -0.39 is 11.9 Å². The van der Waals surface area contributed by atoms with Crippen LogP contribution in [0.5, 0.6) is 0 Å². The van der Waals surface area contributed by atoms with Gasteiger partial charge in [0.25, 0.3) is 0 Å². The lowest BCUT2D eigenvalue weighted by Gasteiger charge is -2.11. The SMILES string of the molecule is CCOC(=O)[C@H](CC(=O)c1ccc(Cl)cc1)C(C)=O. The fraction of sp³-hybridized carbons (Fsp3) is 0.357. The average Bonchev–Trinajstić information content (AvgIpc) is 2.36. The Bertz CT molecular complexity index is 479. The van der Waals surface area contributed by atoms with Crippen LogP contribution in [0, 0.1) is 5.92 Å². The minimum absolute atomic E-state index is 0.178. The topological polar surface area (TPSA) is 60.4 Å². The summed E-state index contributed by atoms with van der Waals surface area (Å²) in [5, 5.41) is 0.519. The molecule has 0 bridgehead atoms. The number of halogens is 1. The highest BCUT2D eigenvalue weighted by Crippen LogP contribution is 2.15. The van der Waals surface area contributed by atoms with Gasteiger partial charge in [-0.2, -0.15) is 0 Å². The number of benzene rings is 1. The molecule has 1 atom stereocenters. The smallest absolute Gasteiger partial charge is 0.316 e. The molecule has 1 aromatic carbocycles. The first-order valence-electron chi connectivity index (χ1n) is 5.91. The third-order valence-electron chi connectivity index (χ3n) is 2.62.